The Labute approximate surface area is 188 Å². The number of carbonyl (C=O) groups excluding carboxylic acids is 1. The third-order valence-corrected chi connectivity index (χ3v) is 5.37. The summed E-state index contributed by atoms with van der Waals surface area (Å²) in [7, 11) is 0. The van der Waals surface area contributed by atoms with Crippen LogP contribution in [0.25, 0.3) is 33.7 Å². The number of carbonyl (C=O) groups is 1. The smallest absolute Gasteiger partial charge is 0.338 e. The van der Waals surface area contributed by atoms with Gasteiger partial charge < -0.3 is 4.74 Å². The second-order valence-corrected chi connectivity index (χ2v) is 7.94. The first-order valence-corrected chi connectivity index (χ1v) is 10.8. The molecule has 2 aromatic carbocycles. The Bertz CT molecular complexity index is 1280. The van der Waals surface area contributed by atoms with Crippen LogP contribution in [0.1, 0.15) is 43.4 Å². The average molecular weight is 423 g/mol. The molecule has 0 radical (unpaired) electrons. The number of rotatable bonds is 6. The van der Waals surface area contributed by atoms with Crippen molar-refractivity contribution in [2.45, 2.75) is 26.7 Å². The van der Waals surface area contributed by atoms with E-state index in [1.807, 2.05) is 42.6 Å². The van der Waals surface area contributed by atoms with E-state index in [0.29, 0.717) is 18.1 Å². The lowest BCUT2D eigenvalue weighted by molar-refractivity contribution is -0.136. The Morgan fingerprint density at radius 1 is 1.03 bits per heavy atom. The van der Waals surface area contributed by atoms with Gasteiger partial charge in [-0.2, -0.15) is 0 Å². The lowest BCUT2D eigenvalue weighted by atomic mass is 9.93. The van der Waals surface area contributed by atoms with E-state index >= 15 is 0 Å². The predicted octanol–water partition coefficient (Wildman–Crippen LogP) is 6.52. The number of aromatic nitrogens is 2. The molecule has 2 aromatic heterocycles. The van der Waals surface area contributed by atoms with Gasteiger partial charge in [0.25, 0.3) is 0 Å². The van der Waals surface area contributed by atoms with Crippen LogP contribution in [-0.2, 0) is 9.53 Å². The summed E-state index contributed by atoms with van der Waals surface area (Å²) in [5, 5.41) is 1.12. The topological polar surface area (TPSA) is 52.1 Å². The molecule has 0 aliphatic rings. The highest BCUT2D eigenvalue weighted by atomic mass is 16.5. The van der Waals surface area contributed by atoms with Crippen LogP contribution in [0.3, 0.4) is 0 Å². The zero-order valence-electron chi connectivity index (χ0n) is 18.6. The number of hydrogen-bond acceptors (Lipinski definition) is 4. The molecule has 0 aliphatic heterocycles. The Hall–Kier alpha value is -3.79. The standard InChI is InChI=1S/C28H26N2O2/c1-4-32-28(31)26(23-11-6-12-29-18-23)15-20-8-5-9-21(14-20)25-17-24(19(2)3)16-22-10-7-13-30-27(22)25/h5-19H,4H2,1-3H3. The normalized spacial score (nSPS) is 11.7. The molecule has 0 aliphatic carbocycles. The highest BCUT2D eigenvalue weighted by molar-refractivity contribution is 6.21. The highest BCUT2D eigenvalue weighted by Gasteiger charge is 2.14. The molecule has 4 nitrogen and oxygen atoms in total. The Balaban J connectivity index is 1.84. The van der Waals surface area contributed by atoms with Crippen molar-refractivity contribution in [1.29, 1.82) is 0 Å². The van der Waals surface area contributed by atoms with Crippen LogP contribution in [-0.4, -0.2) is 22.5 Å². The Morgan fingerprint density at radius 3 is 2.62 bits per heavy atom. The minimum Gasteiger partial charge on any atom is -0.462 e. The second kappa shape index (κ2) is 9.56. The minimum atomic E-state index is -0.361. The van der Waals surface area contributed by atoms with E-state index in [2.05, 4.69) is 54.1 Å². The first kappa shape index (κ1) is 21.4. The number of ether oxygens (including phenoxy) is 1. The van der Waals surface area contributed by atoms with E-state index in [1.54, 1.807) is 19.3 Å². The molecule has 0 saturated heterocycles. The van der Waals surface area contributed by atoms with Crippen molar-refractivity contribution in [2.75, 3.05) is 6.61 Å². The highest BCUT2D eigenvalue weighted by Crippen LogP contribution is 2.32. The largest absolute Gasteiger partial charge is 0.462 e. The van der Waals surface area contributed by atoms with Crippen molar-refractivity contribution in [3.05, 3.63) is 95.9 Å². The molecule has 0 fully saturated rings. The molecule has 4 heteroatoms. The molecule has 2 heterocycles. The van der Waals surface area contributed by atoms with Gasteiger partial charge in [0.15, 0.2) is 0 Å². The third kappa shape index (κ3) is 4.59. The predicted molar refractivity (Wildman–Crippen MR) is 130 cm³/mol. The van der Waals surface area contributed by atoms with Crippen LogP contribution in [0, 0.1) is 0 Å². The van der Waals surface area contributed by atoms with Crippen molar-refractivity contribution < 1.29 is 9.53 Å². The molecule has 4 rings (SSSR count). The fourth-order valence-electron chi connectivity index (χ4n) is 3.72. The van der Waals surface area contributed by atoms with Gasteiger partial charge in [-0.25, -0.2) is 4.79 Å². The molecule has 4 aromatic rings. The Morgan fingerprint density at radius 2 is 1.88 bits per heavy atom. The third-order valence-electron chi connectivity index (χ3n) is 5.37. The minimum absolute atomic E-state index is 0.316. The van der Waals surface area contributed by atoms with Gasteiger partial charge in [-0.1, -0.05) is 44.2 Å². The van der Waals surface area contributed by atoms with Crippen LogP contribution in [0.5, 0.6) is 0 Å². The fraction of sp³-hybridized carbons (Fsp3) is 0.179. The van der Waals surface area contributed by atoms with Gasteiger partial charge in [0.1, 0.15) is 0 Å². The van der Waals surface area contributed by atoms with Crippen molar-refractivity contribution in [1.82, 2.24) is 9.97 Å². The van der Waals surface area contributed by atoms with Crippen molar-refractivity contribution in [3.63, 3.8) is 0 Å². The summed E-state index contributed by atoms with van der Waals surface area (Å²) in [6.07, 6.45) is 7.05. The zero-order chi connectivity index (χ0) is 22.5. The van der Waals surface area contributed by atoms with Crippen LogP contribution in [0.2, 0.25) is 0 Å². The van der Waals surface area contributed by atoms with Crippen LogP contribution < -0.4 is 0 Å². The van der Waals surface area contributed by atoms with E-state index in [9.17, 15) is 4.79 Å². The molecule has 0 saturated carbocycles. The number of hydrogen-bond donors (Lipinski definition) is 0. The summed E-state index contributed by atoms with van der Waals surface area (Å²) in [5.41, 5.74) is 6.50. The van der Waals surface area contributed by atoms with Gasteiger partial charge in [0.2, 0.25) is 0 Å². The molecule has 0 bridgehead atoms. The van der Waals surface area contributed by atoms with Gasteiger partial charge in [-0.15, -0.1) is 0 Å². The maximum Gasteiger partial charge on any atom is 0.338 e. The van der Waals surface area contributed by atoms with E-state index in [1.165, 1.54) is 5.56 Å². The van der Waals surface area contributed by atoms with Gasteiger partial charge in [-0.05, 0) is 65.9 Å². The molecule has 0 atom stereocenters. The summed E-state index contributed by atoms with van der Waals surface area (Å²) in [4.78, 5) is 21.5. The summed E-state index contributed by atoms with van der Waals surface area (Å²) in [5.74, 6) is 0.0438. The molecule has 0 spiro atoms. The van der Waals surface area contributed by atoms with Crippen molar-refractivity contribution >= 4 is 28.5 Å². The van der Waals surface area contributed by atoms with Crippen LogP contribution in [0.15, 0.2) is 79.3 Å². The maximum absolute atomic E-state index is 12.7. The Kier molecular flexibility index (Phi) is 6.41. The van der Waals surface area contributed by atoms with Crippen molar-refractivity contribution in [2.24, 2.45) is 0 Å². The second-order valence-electron chi connectivity index (χ2n) is 7.94. The monoisotopic (exact) mass is 422 g/mol. The lowest BCUT2D eigenvalue weighted by Gasteiger charge is -2.13. The SMILES string of the molecule is CCOC(=O)C(=Cc1cccc(-c2cc(C(C)C)cc3cccnc23)c1)c1cccnc1. The first-order valence-electron chi connectivity index (χ1n) is 10.8. The average Bonchev–Trinajstić information content (AvgIpc) is 2.82. The number of fused-ring (bicyclic) bond motifs is 1. The molecule has 0 N–H and O–H groups in total. The van der Waals surface area contributed by atoms with Gasteiger partial charge in [0, 0.05) is 35.1 Å². The first-order chi connectivity index (χ1) is 15.6. The maximum atomic E-state index is 12.7. The van der Waals surface area contributed by atoms with Gasteiger partial charge >= 0.3 is 5.97 Å². The number of pyridine rings is 2. The van der Waals surface area contributed by atoms with E-state index in [0.717, 1.165) is 33.2 Å². The summed E-state index contributed by atoms with van der Waals surface area (Å²) < 4.78 is 5.30. The van der Waals surface area contributed by atoms with E-state index in [-0.39, 0.29) is 5.97 Å². The van der Waals surface area contributed by atoms with E-state index in [4.69, 9.17) is 4.74 Å². The van der Waals surface area contributed by atoms with Crippen LogP contribution in [0.4, 0.5) is 0 Å². The van der Waals surface area contributed by atoms with E-state index < -0.39 is 0 Å². The van der Waals surface area contributed by atoms with Gasteiger partial charge in [-0.3, -0.25) is 9.97 Å². The molecule has 32 heavy (non-hydrogen) atoms. The molecular formula is C28H26N2O2. The molecular weight excluding hydrogens is 396 g/mol. The molecule has 160 valence electrons. The zero-order valence-corrected chi connectivity index (χ0v) is 18.6. The summed E-state index contributed by atoms with van der Waals surface area (Å²) in [6.45, 7) is 6.51. The van der Waals surface area contributed by atoms with Crippen molar-refractivity contribution in [3.8, 4) is 11.1 Å². The number of esters is 1. The fourth-order valence-corrected chi connectivity index (χ4v) is 3.72. The number of benzene rings is 2. The van der Waals surface area contributed by atoms with Gasteiger partial charge in [0.05, 0.1) is 17.7 Å². The van der Waals surface area contributed by atoms with Crippen LogP contribution >= 0.6 is 0 Å². The quantitative estimate of drug-likeness (QED) is 0.262. The lowest BCUT2D eigenvalue weighted by Crippen LogP contribution is -2.07. The molecule has 0 unspecified atom stereocenters. The molecule has 0 amide bonds. The summed E-state index contributed by atoms with van der Waals surface area (Å²) in [6, 6.07) is 20.3. The summed E-state index contributed by atoms with van der Waals surface area (Å²) >= 11 is 0. The number of nitrogens with zero attached hydrogens (tertiary/aromatic N) is 2.